The van der Waals surface area contributed by atoms with E-state index in [9.17, 15) is 4.79 Å². The fraction of sp³-hybridized carbons (Fsp3) is 0.320. The van der Waals surface area contributed by atoms with E-state index in [0.29, 0.717) is 54.8 Å². The lowest BCUT2D eigenvalue weighted by atomic mass is 10.0. The van der Waals surface area contributed by atoms with Crippen molar-refractivity contribution in [1.29, 1.82) is 0 Å². The number of rotatable bonds is 9. The number of ether oxygens (including phenoxy) is 4. The normalized spacial score (nSPS) is 12.2. The third-order valence-electron chi connectivity index (χ3n) is 5.66. The summed E-state index contributed by atoms with van der Waals surface area (Å²) in [5.41, 5.74) is 4.17. The average molecular weight is 466 g/mol. The first-order chi connectivity index (χ1) is 16.5. The van der Waals surface area contributed by atoms with Crippen molar-refractivity contribution in [1.82, 2.24) is 9.97 Å². The van der Waals surface area contributed by atoms with Gasteiger partial charge in [-0.3, -0.25) is 4.79 Å². The highest BCUT2D eigenvalue weighted by atomic mass is 16.6. The summed E-state index contributed by atoms with van der Waals surface area (Å²) in [6.07, 6.45) is 2.08. The molecule has 0 aliphatic carbocycles. The molecule has 1 aromatic heterocycles. The molecule has 1 aliphatic heterocycles. The first kappa shape index (κ1) is 23.2. The summed E-state index contributed by atoms with van der Waals surface area (Å²) in [7, 11) is 3.17. The van der Waals surface area contributed by atoms with Crippen molar-refractivity contribution in [2.75, 3.05) is 39.3 Å². The van der Waals surface area contributed by atoms with Crippen LogP contribution in [-0.2, 0) is 17.6 Å². The number of anilines is 1. The number of methoxy groups -OCH3 is 2. The van der Waals surface area contributed by atoms with Crippen molar-refractivity contribution in [3.8, 4) is 34.3 Å². The van der Waals surface area contributed by atoms with Gasteiger partial charge in [-0.25, -0.2) is 9.97 Å². The highest BCUT2D eigenvalue weighted by molar-refractivity contribution is 5.73. The Kier molecular flexibility index (Phi) is 7.01. The lowest BCUT2D eigenvalue weighted by molar-refractivity contribution is -0.136. The van der Waals surface area contributed by atoms with Crippen LogP contribution in [0.15, 0.2) is 36.7 Å². The van der Waals surface area contributed by atoms with Gasteiger partial charge in [-0.2, -0.15) is 0 Å². The number of carboxylic acids is 1. The lowest BCUT2D eigenvalue weighted by Gasteiger charge is -2.23. The van der Waals surface area contributed by atoms with Crippen molar-refractivity contribution in [3.05, 3.63) is 53.3 Å². The third kappa shape index (κ3) is 4.98. The SMILES string of the molecule is COc1cc(-c2cc(NCCc3c(OC)cc4c(c3C)OCCO4)ncn2)ccc1CC(=O)O. The number of aliphatic carboxylic acids is 1. The van der Waals surface area contributed by atoms with Gasteiger partial charge in [0.15, 0.2) is 11.5 Å². The summed E-state index contributed by atoms with van der Waals surface area (Å²) in [5.74, 6) is 2.51. The molecule has 0 atom stereocenters. The Balaban J connectivity index is 1.49. The Morgan fingerprint density at radius 2 is 1.88 bits per heavy atom. The van der Waals surface area contributed by atoms with Gasteiger partial charge in [0.05, 0.1) is 26.3 Å². The highest BCUT2D eigenvalue weighted by Crippen LogP contribution is 2.41. The van der Waals surface area contributed by atoms with Crippen molar-refractivity contribution < 1.29 is 28.8 Å². The third-order valence-corrected chi connectivity index (χ3v) is 5.66. The standard InChI is InChI=1S/C25H27N3O6/c1-15-18(21(32-3)13-22-25(15)34-9-8-33-22)6-7-26-23-12-19(27-14-28-23)16-4-5-17(11-24(29)30)20(10-16)31-2/h4-5,10,12-14H,6-9,11H2,1-3H3,(H,29,30)(H,26,27,28). The van der Waals surface area contributed by atoms with Gasteiger partial charge < -0.3 is 29.4 Å². The van der Waals surface area contributed by atoms with Gasteiger partial charge in [0, 0.05) is 40.9 Å². The Labute approximate surface area is 197 Å². The summed E-state index contributed by atoms with van der Waals surface area (Å²) >= 11 is 0. The number of carboxylic acid groups (broad SMARTS) is 1. The number of hydrogen-bond acceptors (Lipinski definition) is 8. The van der Waals surface area contributed by atoms with Crippen LogP contribution in [0.4, 0.5) is 5.82 Å². The molecule has 2 heterocycles. The van der Waals surface area contributed by atoms with Gasteiger partial charge in [-0.15, -0.1) is 0 Å². The topological polar surface area (TPSA) is 112 Å². The molecule has 0 amide bonds. The summed E-state index contributed by atoms with van der Waals surface area (Å²) < 4.78 is 22.5. The predicted molar refractivity (Wildman–Crippen MR) is 126 cm³/mol. The zero-order valence-electron chi connectivity index (χ0n) is 19.4. The number of fused-ring (bicyclic) bond motifs is 1. The van der Waals surface area contributed by atoms with Gasteiger partial charge in [0.25, 0.3) is 0 Å². The molecule has 0 saturated carbocycles. The lowest BCUT2D eigenvalue weighted by Crippen LogP contribution is -2.17. The quantitative estimate of drug-likeness (QED) is 0.490. The molecule has 0 radical (unpaired) electrons. The van der Waals surface area contributed by atoms with Crippen molar-refractivity contribution in [2.24, 2.45) is 0 Å². The largest absolute Gasteiger partial charge is 0.496 e. The maximum Gasteiger partial charge on any atom is 0.307 e. The van der Waals surface area contributed by atoms with E-state index >= 15 is 0 Å². The van der Waals surface area contributed by atoms with E-state index < -0.39 is 5.97 Å². The smallest absolute Gasteiger partial charge is 0.307 e. The first-order valence-electron chi connectivity index (χ1n) is 10.9. The van der Waals surface area contributed by atoms with Gasteiger partial charge >= 0.3 is 5.97 Å². The number of hydrogen-bond donors (Lipinski definition) is 2. The average Bonchev–Trinajstić information content (AvgIpc) is 2.85. The molecule has 0 saturated heterocycles. The molecule has 1 aliphatic rings. The van der Waals surface area contributed by atoms with Gasteiger partial charge in [0.1, 0.15) is 36.9 Å². The minimum Gasteiger partial charge on any atom is -0.496 e. The minimum absolute atomic E-state index is 0.108. The fourth-order valence-corrected chi connectivity index (χ4v) is 3.99. The number of nitrogens with zero attached hydrogens (tertiary/aromatic N) is 2. The van der Waals surface area contributed by atoms with E-state index in [1.165, 1.54) is 13.4 Å². The van der Waals surface area contributed by atoms with Crippen LogP contribution >= 0.6 is 0 Å². The predicted octanol–water partition coefficient (Wildman–Crippen LogP) is 3.52. The fourth-order valence-electron chi connectivity index (χ4n) is 3.99. The minimum atomic E-state index is -0.913. The van der Waals surface area contributed by atoms with E-state index in [0.717, 1.165) is 28.2 Å². The second kappa shape index (κ2) is 10.3. The highest BCUT2D eigenvalue weighted by Gasteiger charge is 2.21. The van der Waals surface area contributed by atoms with Gasteiger partial charge in [-0.05, 0) is 19.4 Å². The van der Waals surface area contributed by atoms with E-state index in [4.69, 9.17) is 24.1 Å². The van der Waals surface area contributed by atoms with Gasteiger partial charge in [-0.1, -0.05) is 12.1 Å². The molecule has 178 valence electrons. The van der Waals surface area contributed by atoms with E-state index in [1.54, 1.807) is 19.2 Å². The molecule has 0 spiro atoms. The van der Waals surface area contributed by atoms with Crippen LogP contribution < -0.4 is 24.3 Å². The number of benzene rings is 2. The summed E-state index contributed by atoms with van der Waals surface area (Å²) in [4.78, 5) is 19.7. The molecule has 0 unspecified atom stereocenters. The second-order valence-electron chi connectivity index (χ2n) is 7.77. The van der Waals surface area contributed by atoms with Crippen LogP contribution in [0, 0.1) is 6.92 Å². The Hall–Kier alpha value is -4.01. The van der Waals surface area contributed by atoms with Crippen molar-refractivity contribution >= 4 is 11.8 Å². The Morgan fingerprint density at radius 1 is 1.09 bits per heavy atom. The number of nitrogens with one attached hydrogen (secondary N) is 1. The zero-order valence-corrected chi connectivity index (χ0v) is 19.4. The molecule has 2 N–H and O–H groups in total. The maximum absolute atomic E-state index is 11.1. The molecule has 9 heteroatoms. The molecule has 34 heavy (non-hydrogen) atoms. The second-order valence-corrected chi connectivity index (χ2v) is 7.77. The summed E-state index contributed by atoms with van der Waals surface area (Å²) in [6.45, 7) is 3.69. The molecule has 2 aromatic carbocycles. The molecule has 9 nitrogen and oxygen atoms in total. The number of aromatic nitrogens is 2. The molecule has 4 rings (SSSR count). The molecule has 0 bridgehead atoms. The Morgan fingerprint density at radius 3 is 2.65 bits per heavy atom. The van der Waals surface area contributed by atoms with E-state index in [1.807, 2.05) is 25.1 Å². The maximum atomic E-state index is 11.1. The van der Waals surface area contributed by atoms with Crippen LogP contribution in [0.1, 0.15) is 16.7 Å². The summed E-state index contributed by atoms with van der Waals surface area (Å²) in [5, 5.41) is 12.4. The van der Waals surface area contributed by atoms with Gasteiger partial charge in [0.2, 0.25) is 0 Å². The summed E-state index contributed by atoms with van der Waals surface area (Å²) in [6, 6.07) is 9.08. The Bertz CT molecular complexity index is 1200. The molecule has 0 fully saturated rings. The van der Waals surface area contributed by atoms with Crippen LogP contribution in [0.3, 0.4) is 0 Å². The monoisotopic (exact) mass is 465 g/mol. The first-order valence-corrected chi connectivity index (χ1v) is 10.9. The molecular weight excluding hydrogens is 438 g/mol. The molecular formula is C25H27N3O6. The van der Waals surface area contributed by atoms with Crippen molar-refractivity contribution in [3.63, 3.8) is 0 Å². The van der Waals surface area contributed by atoms with Crippen LogP contribution in [-0.4, -0.2) is 55.0 Å². The van der Waals surface area contributed by atoms with Crippen LogP contribution in [0.2, 0.25) is 0 Å². The van der Waals surface area contributed by atoms with Crippen LogP contribution in [0.5, 0.6) is 23.0 Å². The van der Waals surface area contributed by atoms with Crippen molar-refractivity contribution in [2.45, 2.75) is 19.8 Å². The zero-order chi connectivity index (χ0) is 24.1. The van der Waals surface area contributed by atoms with E-state index in [-0.39, 0.29) is 6.42 Å². The number of carbonyl (C=O) groups is 1. The molecule has 3 aromatic rings. The van der Waals surface area contributed by atoms with E-state index in [2.05, 4.69) is 15.3 Å². The van der Waals surface area contributed by atoms with Crippen LogP contribution in [0.25, 0.3) is 11.3 Å².